The molecule has 10 heteroatoms. The van der Waals surface area contributed by atoms with Crippen LogP contribution in [0.3, 0.4) is 0 Å². The molecule has 174 valence electrons. The van der Waals surface area contributed by atoms with Gasteiger partial charge < -0.3 is 14.1 Å². The molecule has 3 aromatic rings. The number of hydrogen-bond donors (Lipinski definition) is 0. The van der Waals surface area contributed by atoms with Gasteiger partial charge in [-0.3, -0.25) is 9.69 Å². The van der Waals surface area contributed by atoms with Gasteiger partial charge in [0.25, 0.3) is 5.91 Å². The molecule has 0 spiro atoms. The van der Waals surface area contributed by atoms with Gasteiger partial charge in [-0.1, -0.05) is 64.1 Å². The van der Waals surface area contributed by atoms with Crippen molar-refractivity contribution in [2.24, 2.45) is 0 Å². The molecule has 1 aliphatic heterocycles. The van der Waals surface area contributed by atoms with Gasteiger partial charge in [0.2, 0.25) is 0 Å². The predicted octanol–water partition coefficient (Wildman–Crippen LogP) is 7.08. The fraction of sp³-hybridized carbons (Fsp3) is 0.261. The molecule has 4 rings (SSSR count). The van der Waals surface area contributed by atoms with Gasteiger partial charge in [-0.25, -0.2) is 0 Å². The number of carbonyl (C=O) groups is 1. The van der Waals surface area contributed by atoms with Gasteiger partial charge in [-0.15, -0.1) is 0 Å². The predicted molar refractivity (Wildman–Crippen MR) is 132 cm³/mol. The van der Waals surface area contributed by atoms with Gasteiger partial charge in [0.05, 0.1) is 20.1 Å². The number of rotatable bonds is 6. The van der Waals surface area contributed by atoms with E-state index in [1.54, 1.807) is 35.2 Å². The Bertz CT molecular complexity index is 1140. The van der Waals surface area contributed by atoms with Crippen LogP contribution < -0.4 is 4.74 Å². The Morgan fingerprint density at radius 2 is 1.55 bits per heavy atom. The van der Waals surface area contributed by atoms with Crippen LogP contribution in [0.4, 0.5) is 0 Å². The lowest BCUT2D eigenvalue weighted by atomic mass is 10.2. The minimum Gasteiger partial charge on any atom is -0.483 e. The van der Waals surface area contributed by atoms with Crippen molar-refractivity contribution in [3.63, 3.8) is 0 Å². The molecule has 0 atom stereocenters. The lowest BCUT2D eigenvalue weighted by Crippen LogP contribution is -2.48. The number of piperazine rings is 1. The highest BCUT2D eigenvalue weighted by molar-refractivity contribution is 6.42. The zero-order chi connectivity index (χ0) is 23.5. The normalized spacial score (nSPS) is 14.5. The number of amides is 1. The first-order valence-corrected chi connectivity index (χ1v) is 12.0. The third-order valence-corrected chi connectivity index (χ3v) is 6.76. The Balaban J connectivity index is 1.30. The van der Waals surface area contributed by atoms with E-state index in [4.69, 9.17) is 67.2 Å². The van der Waals surface area contributed by atoms with Gasteiger partial charge in [0.15, 0.2) is 11.5 Å². The van der Waals surface area contributed by atoms with Crippen molar-refractivity contribution < 1.29 is 13.9 Å². The van der Waals surface area contributed by atoms with Gasteiger partial charge in [0.1, 0.15) is 12.4 Å². The lowest BCUT2D eigenvalue weighted by Gasteiger charge is -2.34. The monoisotopic (exact) mass is 546 g/mol. The number of ether oxygens (including phenoxy) is 1. The summed E-state index contributed by atoms with van der Waals surface area (Å²) in [6, 6.07) is 12.1. The summed E-state index contributed by atoms with van der Waals surface area (Å²) >= 11 is 30.3. The second-order valence-corrected chi connectivity index (χ2v) is 9.64. The zero-order valence-corrected chi connectivity index (χ0v) is 21.1. The molecule has 1 aromatic heterocycles. The maximum atomic E-state index is 12.9. The number of nitrogens with zero attached hydrogens (tertiary/aromatic N) is 2. The quantitative estimate of drug-likeness (QED) is 0.330. The third kappa shape index (κ3) is 6.10. The molecule has 5 nitrogen and oxygen atoms in total. The zero-order valence-electron chi connectivity index (χ0n) is 17.3. The van der Waals surface area contributed by atoms with Crippen LogP contribution in [0.5, 0.6) is 5.75 Å². The summed E-state index contributed by atoms with van der Waals surface area (Å²) in [4.78, 5) is 16.9. The largest absolute Gasteiger partial charge is 0.483 e. The van der Waals surface area contributed by atoms with E-state index < -0.39 is 0 Å². The molecule has 2 aromatic carbocycles. The molecule has 1 aliphatic rings. The molecular weight excluding hydrogens is 530 g/mol. The van der Waals surface area contributed by atoms with E-state index in [0.29, 0.717) is 49.7 Å². The number of benzene rings is 2. The first-order valence-electron chi connectivity index (χ1n) is 10.1. The van der Waals surface area contributed by atoms with Crippen molar-refractivity contribution in [2.75, 3.05) is 26.2 Å². The van der Waals surface area contributed by atoms with Gasteiger partial charge in [0, 0.05) is 37.7 Å². The molecule has 2 heterocycles. The summed E-state index contributed by atoms with van der Waals surface area (Å²) in [6.07, 6.45) is 0. The van der Waals surface area contributed by atoms with Crippen molar-refractivity contribution in [3.05, 3.63) is 84.7 Å². The summed E-state index contributed by atoms with van der Waals surface area (Å²) in [5.41, 5.74) is 1.08. The van der Waals surface area contributed by atoms with Crippen LogP contribution in [0.2, 0.25) is 25.1 Å². The van der Waals surface area contributed by atoms with E-state index in [-0.39, 0.29) is 18.3 Å². The highest BCUT2D eigenvalue weighted by Crippen LogP contribution is 2.36. The minimum atomic E-state index is -0.155. The number of furan rings is 1. The van der Waals surface area contributed by atoms with Crippen LogP contribution in [0.1, 0.15) is 21.9 Å². The summed E-state index contributed by atoms with van der Waals surface area (Å²) in [7, 11) is 0. The van der Waals surface area contributed by atoms with Crippen LogP contribution in [-0.4, -0.2) is 41.9 Å². The molecule has 33 heavy (non-hydrogen) atoms. The van der Waals surface area contributed by atoms with Crippen LogP contribution in [0, 0.1) is 0 Å². The maximum Gasteiger partial charge on any atom is 0.289 e. The summed E-state index contributed by atoms with van der Waals surface area (Å²) in [6.45, 7) is 3.51. The molecule has 0 radical (unpaired) electrons. The standard InChI is InChI=1S/C23H19Cl5N2O3/c24-15-10-19(27)22(20(28)11-15)32-13-16-2-4-21(33-16)23(31)30-7-5-29(6-8-30)12-14-1-3-17(25)18(26)9-14/h1-4,9-11H,5-8,12-13H2. The van der Waals surface area contributed by atoms with Crippen LogP contribution in [0.25, 0.3) is 0 Å². The van der Waals surface area contributed by atoms with Gasteiger partial charge in [-0.2, -0.15) is 0 Å². The number of hydrogen-bond acceptors (Lipinski definition) is 4. The molecule has 0 bridgehead atoms. The van der Waals surface area contributed by atoms with Crippen LogP contribution >= 0.6 is 58.0 Å². The lowest BCUT2D eigenvalue weighted by molar-refractivity contribution is 0.0594. The molecule has 0 unspecified atom stereocenters. The van der Waals surface area contributed by atoms with Crippen molar-refractivity contribution >= 4 is 63.9 Å². The topological polar surface area (TPSA) is 45.9 Å². The van der Waals surface area contributed by atoms with Crippen LogP contribution in [0.15, 0.2) is 46.9 Å². The fourth-order valence-corrected chi connectivity index (χ4v) is 4.79. The Labute approximate surface area is 216 Å². The SMILES string of the molecule is O=C(c1ccc(COc2c(Cl)cc(Cl)cc2Cl)o1)N1CCN(Cc2ccc(Cl)c(Cl)c2)CC1. The van der Waals surface area contributed by atoms with Crippen molar-refractivity contribution in [1.29, 1.82) is 0 Å². The number of halogens is 5. The second kappa shape index (κ2) is 10.8. The molecular formula is C23H19Cl5N2O3. The average Bonchev–Trinajstić information content (AvgIpc) is 3.25. The Kier molecular flexibility index (Phi) is 8.00. The fourth-order valence-electron chi connectivity index (χ4n) is 3.54. The van der Waals surface area contributed by atoms with Crippen molar-refractivity contribution in [3.8, 4) is 5.75 Å². The van der Waals surface area contributed by atoms with Crippen LogP contribution in [-0.2, 0) is 13.2 Å². The highest BCUT2D eigenvalue weighted by atomic mass is 35.5. The Morgan fingerprint density at radius 1 is 0.848 bits per heavy atom. The third-order valence-electron chi connectivity index (χ3n) is 5.24. The smallest absolute Gasteiger partial charge is 0.289 e. The van der Waals surface area contributed by atoms with E-state index in [9.17, 15) is 4.79 Å². The molecule has 1 amide bonds. The molecule has 1 saturated heterocycles. The first kappa shape index (κ1) is 24.5. The van der Waals surface area contributed by atoms with Crippen molar-refractivity contribution in [2.45, 2.75) is 13.2 Å². The molecule has 0 saturated carbocycles. The molecule has 1 fully saturated rings. The van der Waals surface area contributed by atoms with Crippen molar-refractivity contribution in [1.82, 2.24) is 9.80 Å². The second-order valence-electron chi connectivity index (χ2n) is 7.57. The Morgan fingerprint density at radius 3 is 2.21 bits per heavy atom. The number of carbonyl (C=O) groups excluding carboxylic acids is 1. The first-order chi connectivity index (χ1) is 15.8. The average molecular weight is 549 g/mol. The van der Waals surface area contributed by atoms with E-state index in [0.717, 1.165) is 25.2 Å². The van der Waals surface area contributed by atoms with E-state index >= 15 is 0 Å². The van der Waals surface area contributed by atoms with E-state index in [2.05, 4.69) is 4.90 Å². The van der Waals surface area contributed by atoms with Gasteiger partial charge in [-0.05, 0) is 42.0 Å². The molecule has 0 N–H and O–H groups in total. The minimum absolute atomic E-state index is 0.0752. The van der Waals surface area contributed by atoms with E-state index in [1.807, 2.05) is 12.1 Å². The summed E-state index contributed by atoms with van der Waals surface area (Å²) in [5, 5.41) is 2.10. The highest BCUT2D eigenvalue weighted by Gasteiger charge is 2.24. The molecule has 0 aliphatic carbocycles. The van der Waals surface area contributed by atoms with Gasteiger partial charge >= 0.3 is 0 Å². The Hall–Kier alpha value is -1.60. The van der Waals surface area contributed by atoms with E-state index in [1.165, 1.54) is 0 Å². The summed E-state index contributed by atoms with van der Waals surface area (Å²) in [5.74, 6) is 0.904. The maximum absolute atomic E-state index is 12.9. The summed E-state index contributed by atoms with van der Waals surface area (Å²) < 4.78 is 11.4.